The molecule has 2 aromatic rings. The number of H-pyrrole nitrogens is 1. The number of rotatable bonds is 8. The predicted octanol–water partition coefficient (Wildman–Crippen LogP) is 1.96. The number of benzene rings is 1. The van der Waals surface area contributed by atoms with Crippen LogP contribution in [0.15, 0.2) is 30.5 Å². The highest BCUT2D eigenvalue weighted by molar-refractivity contribution is 5.89. The first kappa shape index (κ1) is 19.5. The highest BCUT2D eigenvalue weighted by atomic mass is 16.5. The first-order chi connectivity index (χ1) is 12.4. The number of nitrogens with one attached hydrogen (secondary N) is 2. The summed E-state index contributed by atoms with van der Waals surface area (Å²) in [5.74, 6) is -1.36. The topological polar surface area (TPSA) is 97.5 Å². The largest absolute Gasteiger partial charge is 0.467 e. The van der Waals surface area contributed by atoms with Crippen LogP contribution >= 0.6 is 0 Å². The number of fused-ring (bicyclic) bond motifs is 1. The number of amides is 1. The Hall–Kier alpha value is -2.83. The molecule has 7 nitrogen and oxygen atoms in total. The molecule has 1 heterocycles. The van der Waals surface area contributed by atoms with Crippen LogP contribution in [0.5, 0.6) is 0 Å². The fraction of sp³-hybridized carbons (Fsp3) is 0.421. The van der Waals surface area contributed by atoms with Gasteiger partial charge in [-0.15, -0.1) is 0 Å². The zero-order valence-electron chi connectivity index (χ0n) is 15.2. The van der Waals surface area contributed by atoms with Crippen molar-refractivity contribution in [2.24, 2.45) is 5.92 Å². The number of methoxy groups -OCH3 is 1. The van der Waals surface area contributed by atoms with Crippen LogP contribution in [0.25, 0.3) is 10.9 Å². The van der Waals surface area contributed by atoms with Gasteiger partial charge in [0.15, 0.2) is 6.61 Å². The lowest BCUT2D eigenvalue weighted by Gasteiger charge is -2.18. The van der Waals surface area contributed by atoms with Crippen molar-refractivity contribution in [1.82, 2.24) is 10.3 Å². The Morgan fingerprint density at radius 1 is 1.19 bits per heavy atom. The molecule has 140 valence electrons. The number of aromatic amines is 1. The summed E-state index contributed by atoms with van der Waals surface area (Å²) in [4.78, 5) is 38.8. The van der Waals surface area contributed by atoms with Crippen molar-refractivity contribution in [3.05, 3.63) is 36.0 Å². The summed E-state index contributed by atoms with van der Waals surface area (Å²) in [5.41, 5.74) is 1.74. The zero-order chi connectivity index (χ0) is 19.1. The zero-order valence-corrected chi connectivity index (χ0v) is 15.2. The Morgan fingerprint density at radius 2 is 1.92 bits per heavy atom. The Labute approximate surface area is 152 Å². The van der Waals surface area contributed by atoms with Gasteiger partial charge >= 0.3 is 11.9 Å². The number of hydrogen-bond acceptors (Lipinski definition) is 5. The van der Waals surface area contributed by atoms with Crippen LogP contribution in [-0.2, 0) is 30.3 Å². The van der Waals surface area contributed by atoms with E-state index in [1.54, 1.807) is 6.20 Å². The van der Waals surface area contributed by atoms with Gasteiger partial charge in [-0.3, -0.25) is 9.59 Å². The van der Waals surface area contributed by atoms with E-state index >= 15 is 0 Å². The smallest absolute Gasteiger partial charge is 0.328 e. The molecule has 26 heavy (non-hydrogen) atoms. The molecule has 0 spiro atoms. The lowest BCUT2D eigenvalue weighted by Crippen LogP contribution is -2.44. The van der Waals surface area contributed by atoms with Crippen LogP contribution in [0.4, 0.5) is 0 Å². The van der Waals surface area contributed by atoms with Crippen molar-refractivity contribution in [3.8, 4) is 0 Å². The second-order valence-corrected chi connectivity index (χ2v) is 6.47. The minimum atomic E-state index is -0.750. The van der Waals surface area contributed by atoms with Crippen molar-refractivity contribution in [3.63, 3.8) is 0 Å². The van der Waals surface area contributed by atoms with Gasteiger partial charge < -0.3 is 19.8 Å². The van der Waals surface area contributed by atoms with Gasteiger partial charge in [0.05, 0.1) is 13.5 Å². The summed E-state index contributed by atoms with van der Waals surface area (Å²) < 4.78 is 9.71. The first-order valence-corrected chi connectivity index (χ1v) is 8.48. The maximum Gasteiger partial charge on any atom is 0.328 e. The molecule has 0 aliphatic heterocycles. The van der Waals surface area contributed by atoms with E-state index in [4.69, 9.17) is 4.74 Å². The van der Waals surface area contributed by atoms with E-state index in [1.807, 2.05) is 38.1 Å². The van der Waals surface area contributed by atoms with Crippen LogP contribution in [0.3, 0.4) is 0 Å². The maximum atomic E-state index is 12.0. The molecule has 0 aliphatic rings. The molecule has 1 atom stereocenters. The number of carbonyl (C=O) groups excluding carboxylic acids is 3. The summed E-state index contributed by atoms with van der Waals surface area (Å²) in [5, 5.41) is 3.49. The molecule has 1 aromatic carbocycles. The lowest BCUT2D eigenvalue weighted by atomic mass is 10.0. The van der Waals surface area contributed by atoms with Crippen LogP contribution < -0.4 is 5.32 Å². The highest BCUT2D eigenvalue weighted by Gasteiger charge is 2.23. The molecule has 2 rings (SSSR count). The third-order valence-corrected chi connectivity index (χ3v) is 3.90. The Morgan fingerprint density at radius 3 is 2.62 bits per heavy atom. The summed E-state index contributed by atoms with van der Waals surface area (Å²) >= 11 is 0. The molecular formula is C19H24N2O5. The van der Waals surface area contributed by atoms with Gasteiger partial charge in [-0.05, 0) is 24.0 Å². The quantitative estimate of drug-likeness (QED) is 0.701. The van der Waals surface area contributed by atoms with Crippen molar-refractivity contribution >= 4 is 28.7 Å². The molecule has 0 bridgehead atoms. The monoisotopic (exact) mass is 360 g/mol. The van der Waals surface area contributed by atoms with Gasteiger partial charge in [0.25, 0.3) is 5.91 Å². The molecule has 7 heteroatoms. The van der Waals surface area contributed by atoms with E-state index in [9.17, 15) is 14.4 Å². The second kappa shape index (κ2) is 9.03. The minimum Gasteiger partial charge on any atom is -0.467 e. The van der Waals surface area contributed by atoms with Crippen molar-refractivity contribution in [2.75, 3.05) is 13.7 Å². The van der Waals surface area contributed by atoms with Crippen molar-refractivity contribution in [1.29, 1.82) is 0 Å². The molecule has 0 aliphatic carbocycles. The Balaban J connectivity index is 1.86. The van der Waals surface area contributed by atoms with Crippen molar-refractivity contribution < 1.29 is 23.9 Å². The highest BCUT2D eigenvalue weighted by Crippen LogP contribution is 2.18. The molecule has 1 amide bonds. The number of para-hydroxylation sites is 1. The summed E-state index contributed by atoms with van der Waals surface area (Å²) in [6, 6.07) is 6.87. The average molecular weight is 360 g/mol. The molecule has 2 N–H and O–H groups in total. The first-order valence-electron chi connectivity index (χ1n) is 8.48. The molecular weight excluding hydrogens is 336 g/mol. The number of hydrogen-bond donors (Lipinski definition) is 2. The Bertz CT molecular complexity index is 781. The fourth-order valence-corrected chi connectivity index (χ4v) is 2.69. The van der Waals surface area contributed by atoms with E-state index in [0.29, 0.717) is 6.42 Å². The van der Waals surface area contributed by atoms with Gasteiger partial charge in [0.1, 0.15) is 6.04 Å². The van der Waals surface area contributed by atoms with E-state index in [2.05, 4.69) is 15.0 Å². The van der Waals surface area contributed by atoms with E-state index in [1.165, 1.54) is 7.11 Å². The van der Waals surface area contributed by atoms with Crippen molar-refractivity contribution in [2.45, 2.75) is 32.7 Å². The average Bonchev–Trinajstić information content (AvgIpc) is 3.01. The van der Waals surface area contributed by atoms with Gasteiger partial charge in [0.2, 0.25) is 0 Å². The SMILES string of the molecule is COC(=O)[C@@H](CC(C)C)NC(=O)COC(=O)Cc1c[nH]c2ccccc12. The van der Waals surface area contributed by atoms with Gasteiger partial charge in [-0.2, -0.15) is 0 Å². The van der Waals surface area contributed by atoms with Crippen LogP contribution in [0.2, 0.25) is 0 Å². The maximum absolute atomic E-state index is 12.0. The van der Waals surface area contributed by atoms with Crippen LogP contribution in [0, 0.1) is 5.92 Å². The molecule has 0 saturated carbocycles. The number of carbonyl (C=O) groups is 3. The number of ether oxygens (including phenoxy) is 2. The summed E-state index contributed by atoms with van der Waals surface area (Å²) in [6.07, 6.45) is 2.26. The summed E-state index contributed by atoms with van der Waals surface area (Å²) in [6.45, 7) is 3.43. The normalized spacial score (nSPS) is 12.0. The number of aromatic nitrogens is 1. The molecule has 1 aromatic heterocycles. The van der Waals surface area contributed by atoms with Gasteiger partial charge in [0, 0.05) is 17.1 Å². The summed E-state index contributed by atoms with van der Waals surface area (Å²) in [7, 11) is 1.27. The third kappa shape index (κ3) is 5.34. The van der Waals surface area contributed by atoms with Crippen LogP contribution in [-0.4, -0.2) is 42.6 Å². The van der Waals surface area contributed by atoms with Gasteiger partial charge in [-0.1, -0.05) is 32.0 Å². The molecule has 0 radical (unpaired) electrons. The van der Waals surface area contributed by atoms with Gasteiger partial charge in [-0.25, -0.2) is 4.79 Å². The molecule has 0 saturated heterocycles. The van der Waals surface area contributed by atoms with E-state index < -0.39 is 30.5 Å². The lowest BCUT2D eigenvalue weighted by molar-refractivity contribution is -0.150. The number of esters is 2. The predicted molar refractivity (Wildman–Crippen MR) is 96.4 cm³/mol. The Kier molecular flexibility index (Phi) is 6.77. The second-order valence-electron chi connectivity index (χ2n) is 6.47. The fourth-order valence-electron chi connectivity index (χ4n) is 2.69. The minimum absolute atomic E-state index is 0.0592. The van der Waals surface area contributed by atoms with E-state index in [-0.39, 0.29) is 12.3 Å². The standard InChI is InChI=1S/C19H24N2O5/c1-12(2)8-16(19(24)25-3)21-17(22)11-26-18(23)9-13-10-20-15-7-5-4-6-14(13)15/h4-7,10,12,16,20H,8-9,11H2,1-3H3,(H,21,22)/t16-/m1/s1. The third-order valence-electron chi connectivity index (χ3n) is 3.90. The molecule has 0 unspecified atom stereocenters. The van der Waals surface area contributed by atoms with E-state index in [0.717, 1.165) is 16.5 Å². The molecule has 0 fully saturated rings. The van der Waals surface area contributed by atoms with Crippen LogP contribution in [0.1, 0.15) is 25.8 Å².